The first-order chi connectivity index (χ1) is 11.8. The number of hydrogen-bond acceptors (Lipinski definition) is 2. The summed E-state index contributed by atoms with van der Waals surface area (Å²) >= 11 is 0. The second-order valence-electron chi connectivity index (χ2n) is 7.88. The number of fused-ring (bicyclic) bond motifs is 3. The highest BCUT2D eigenvalue weighted by Gasteiger charge is 2.38. The quantitative estimate of drug-likeness (QED) is 0.545. The summed E-state index contributed by atoms with van der Waals surface area (Å²) < 4.78 is 6.11. The average Bonchev–Trinajstić information content (AvgIpc) is 3.00. The normalized spacial score (nSPS) is 15.2. The van der Waals surface area contributed by atoms with Gasteiger partial charge in [0.15, 0.2) is 0 Å². The van der Waals surface area contributed by atoms with Gasteiger partial charge in [-0.2, -0.15) is 0 Å². The number of carbonyl (C=O) groups is 1. The molecule has 0 heterocycles. The molecule has 1 unspecified atom stereocenters. The van der Waals surface area contributed by atoms with Crippen LogP contribution in [0.3, 0.4) is 0 Å². The van der Waals surface area contributed by atoms with Crippen molar-refractivity contribution in [1.29, 1.82) is 0 Å². The van der Waals surface area contributed by atoms with Gasteiger partial charge in [0.2, 0.25) is 0 Å². The van der Waals surface area contributed by atoms with E-state index in [-0.39, 0.29) is 5.97 Å². The summed E-state index contributed by atoms with van der Waals surface area (Å²) in [6.07, 6.45) is 2.43. The van der Waals surface area contributed by atoms with Gasteiger partial charge in [0, 0.05) is 0 Å². The van der Waals surface area contributed by atoms with Crippen LogP contribution in [0.1, 0.15) is 64.2 Å². The smallest absolute Gasteiger partial charge is 0.312 e. The van der Waals surface area contributed by atoms with Crippen molar-refractivity contribution < 1.29 is 9.53 Å². The molecule has 2 aromatic rings. The first-order valence-corrected chi connectivity index (χ1v) is 9.26. The van der Waals surface area contributed by atoms with E-state index in [1.165, 1.54) is 22.3 Å². The number of hydrogen-bond donors (Lipinski definition) is 0. The number of ether oxygens (including phenoxy) is 1. The van der Waals surface area contributed by atoms with Gasteiger partial charge in [-0.25, -0.2) is 0 Å². The molecule has 1 aliphatic carbocycles. The van der Waals surface area contributed by atoms with E-state index < -0.39 is 11.0 Å². The van der Waals surface area contributed by atoms with Crippen LogP contribution >= 0.6 is 0 Å². The average molecular weight is 336 g/mol. The van der Waals surface area contributed by atoms with E-state index in [9.17, 15) is 4.79 Å². The molecular formula is C23H28O2. The summed E-state index contributed by atoms with van der Waals surface area (Å²) in [6.45, 7) is 10.1. The van der Waals surface area contributed by atoms with Crippen LogP contribution in [0.25, 0.3) is 11.1 Å². The van der Waals surface area contributed by atoms with E-state index >= 15 is 0 Å². The lowest BCUT2D eigenvalue weighted by molar-refractivity contribution is -0.170. The second kappa shape index (κ2) is 6.33. The molecule has 0 amide bonds. The third-order valence-corrected chi connectivity index (χ3v) is 5.85. The van der Waals surface area contributed by atoms with Gasteiger partial charge in [0.05, 0.1) is 5.41 Å². The predicted molar refractivity (Wildman–Crippen MR) is 102 cm³/mol. The minimum atomic E-state index is -0.600. The van der Waals surface area contributed by atoms with Crippen LogP contribution in [0.2, 0.25) is 0 Å². The second-order valence-corrected chi connectivity index (χ2v) is 7.88. The molecule has 0 N–H and O–H groups in total. The molecular weight excluding hydrogens is 308 g/mol. The molecule has 2 aromatic carbocycles. The Morgan fingerprint density at radius 3 is 2.32 bits per heavy atom. The molecule has 2 heteroatoms. The lowest BCUT2D eigenvalue weighted by atomic mass is 9.85. The number of benzene rings is 2. The Hall–Kier alpha value is -2.09. The Bertz CT molecular complexity index is 803. The summed E-state index contributed by atoms with van der Waals surface area (Å²) in [5.41, 5.74) is 5.31. The fraction of sp³-hybridized carbons (Fsp3) is 0.435. The maximum atomic E-state index is 12.7. The van der Waals surface area contributed by atoms with Gasteiger partial charge in [-0.3, -0.25) is 4.79 Å². The van der Waals surface area contributed by atoms with Gasteiger partial charge in [0.25, 0.3) is 0 Å². The number of esters is 1. The Kier molecular flexibility index (Phi) is 4.49. The summed E-state index contributed by atoms with van der Waals surface area (Å²) in [6, 6.07) is 14.9. The molecule has 0 aliphatic heterocycles. The maximum absolute atomic E-state index is 12.7. The van der Waals surface area contributed by atoms with Crippen LogP contribution < -0.4 is 0 Å². The van der Waals surface area contributed by atoms with Crippen LogP contribution in [0.5, 0.6) is 0 Å². The van der Waals surface area contributed by atoms with Crippen molar-refractivity contribution in [2.45, 2.75) is 59.5 Å². The maximum Gasteiger partial charge on any atom is 0.312 e. The Morgan fingerprint density at radius 1 is 0.960 bits per heavy atom. The van der Waals surface area contributed by atoms with Crippen molar-refractivity contribution in [2.75, 3.05) is 0 Å². The van der Waals surface area contributed by atoms with Crippen molar-refractivity contribution in [1.82, 2.24) is 0 Å². The van der Waals surface area contributed by atoms with Crippen molar-refractivity contribution in [3.63, 3.8) is 0 Å². The van der Waals surface area contributed by atoms with Crippen molar-refractivity contribution in [3.8, 4) is 11.1 Å². The van der Waals surface area contributed by atoms with Crippen LogP contribution in [0, 0.1) is 5.41 Å². The highest BCUT2D eigenvalue weighted by Crippen LogP contribution is 2.43. The Balaban J connectivity index is 2.02. The van der Waals surface area contributed by atoms with Crippen LogP contribution in [-0.4, -0.2) is 5.97 Å². The molecule has 0 fully saturated rings. The molecule has 3 rings (SSSR count). The molecule has 0 radical (unpaired) electrons. The zero-order chi connectivity index (χ0) is 18.2. The minimum Gasteiger partial charge on any atom is -0.454 e. The molecule has 0 bridgehead atoms. The topological polar surface area (TPSA) is 26.3 Å². The SMILES string of the molecule is CCC(C)(C)C(=O)OC(C)(CC)c1cccc2c1Cc1ccccc1-2. The summed E-state index contributed by atoms with van der Waals surface area (Å²) in [4.78, 5) is 12.7. The van der Waals surface area contributed by atoms with E-state index in [2.05, 4.69) is 56.3 Å². The van der Waals surface area contributed by atoms with Crippen LogP contribution in [0.15, 0.2) is 42.5 Å². The van der Waals surface area contributed by atoms with Crippen molar-refractivity contribution >= 4 is 5.97 Å². The third-order valence-electron chi connectivity index (χ3n) is 5.85. The lowest BCUT2D eigenvalue weighted by Crippen LogP contribution is -2.36. The summed E-state index contributed by atoms with van der Waals surface area (Å²) in [7, 11) is 0. The van der Waals surface area contributed by atoms with E-state index in [0.29, 0.717) is 0 Å². The number of rotatable bonds is 5. The molecule has 0 saturated carbocycles. The molecule has 2 nitrogen and oxygen atoms in total. The molecule has 0 spiro atoms. The predicted octanol–water partition coefficient (Wildman–Crippen LogP) is 5.86. The van der Waals surface area contributed by atoms with Crippen LogP contribution in [-0.2, 0) is 21.6 Å². The molecule has 1 atom stereocenters. The fourth-order valence-corrected chi connectivity index (χ4v) is 3.46. The van der Waals surface area contributed by atoms with E-state index in [4.69, 9.17) is 4.74 Å². The molecule has 0 saturated heterocycles. The molecule has 132 valence electrons. The summed E-state index contributed by atoms with van der Waals surface area (Å²) in [5.74, 6) is -0.118. The van der Waals surface area contributed by atoms with Gasteiger partial charge in [0.1, 0.15) is 5.60 Å². The zero-order valence-electron chi connectivity index (χ0n) is 16.0. The third kappa shape index (κ3) is 2.99. The van der Waals surface area contributed by atoms with Gasteiger partial charge < -0.3 is 4.74 Å². The Morgan fingerprint density at radius 2 is 1.64 bits per heavy atom. The van der Waals surface area contributed by atoms with Crippen LogP contribution in [0.4, 0.5) is 0 Å². The zero-order valence-corrected chi connectivity index (χ0v) is 16.0. The van der Waals surface area contributed by atoms with Gasteiger partial charge in [-0.15, -0.1) is 0 Å². The fourth-order valence-electron chi connectivity index (χ4n) is 3.46. The molecule has 25 heavy (non-hydrogen) atoms. The highest BCUT2D eigenvalue weighted by atomic mass is 16.6. The standard InChI is InChI=1S/C23H28O2/c1-6-22(3,4)21(24)25-23(5,7-2)20-14-10-13-18-17-12-9-8-11-16(17)15-19(18)20/h8-14H,6-7,15H2,1-5H3. The van der Waals surface area contributed by atoms with Gasteiger partial charge >= 0.3 is 5.97 Å². The first-order valence-electron chi connectivity index (χ1n) is 9.26. The van der Waals surface area contributed by atoms with Crippen molar-refractivity contribution in [3.05, 3.63) is 59.2 Å². The molecule has 1 aliphatic rings. The van der Waals surface area contributed by atoms with E-state index in [1.807, 2.05) is 20.8 Å². The molecule has 0 aromatic heterocycles. The Labute approximate surface area is 151 Å². The van der Waals surface area contributed by atoms with E-state index in [0.717, 1.165) is 24.8 Å². The monoisotopic (exact) mass is 336 g/mol. The summed E-state index contributed by atoms with van der Waals surface area (Å²) in [5, 5.41) is 0. The lowest BCUT2D eigenvalue weighted by Gasteiger charge is -2.34. The number of carbonyl (C=O) groups excluding carboxylic acids is 1. The highest BCUT2D eigenvalue weighted by molar-refractivity contribution is 5.79. The van der Waals surface area contributed by atoms with Gasteiger partial charge in [-0.1, -0.05) is 56.3 Å². The van der Waals surface area contributed by atoms with Crippen molar-refractivity contribution in [2.24, 2.45) is 5.41 Å². The largest absolute Gasteiger partial charge is 0.454 e. The minimum absolute atomic E-state index is 0.118. The van der Waals surface area contributed by atoms with E-state index in [1.54, 1.807) is 0 Å². The van der Waals surface area contributed by atoms with Gasteiger partial charge in [-0.05, 0) is 67.9 Å². The first kappa shape index (κ1) is 17.7.